The molecule has 21 heavy (non-hydrogen) atoms. The predicted octanol–water partition coefficient (Wildman–Crippen LogP) is 5.35. The highest BCUT2D eigenvalue weighted by Gasteiger charge is 2.13. The summed E-state index contributed by atoms with van der Waals surface area (Å²) in [5, 5.41) is 0. The molecular formula is C15H11BrF2N2S. The number of imidazole rings is 1. The van der Waals surface area contributed by atoms with Crippen molar-refractivity contribution in [3.05, 3.63) is 56.3 Å². The SMILES string of the molecule is Cc1cc2c(cc1F)[nH]c(=S)n2-c1cc(Br)c(F)cc1C. The van der Waals surface area contributed by atoms with Crippen LogP contribution in [0.2, 0.25) is 0 Å². The molecule has 1 heterocycles. The molecule has 108 valence electrons. The van der Waals surface area contributed by atoms with Crippen molar-refractivity contribution in [2.24, 2.45) is 0 Å². The first-order valence-corrected chi connectivity index (χ1v) is 7.45. The molecule has 2 nitrogen and oxygen atoms in total. The van der Waals surface area contributed by atoms with Gasteiger partial charge in [0.05, 0.1) is 21.2 Å². The molecule has 6 heteroatoms. The van der Waals surface area contributed by atoms with Gasteiger partial charge in [-0.2, -0.15) is 0 Å². The lowest BCUT2D eigenvalue weighted by molar-refractivity contribution is 0.619. The predicted molar refractivity (Wildman–Crippen MR) is 85.5 cm³/mol. The third-order valence-corrected chi connectivity index (χ3v) is 4.33. The molecule has 3 aromatic rings. The molecular weight excluding hydrogens is 358 g/mol. The molecule has 0 spiro atoms. The standard InChI is InChI=1S/C15H11BrF2N2S/c1-7-4-14-12(6-10(7)17)19-15(21)20(14)13-5-9(16)11(18)3-8(13)2/h3-6H,1-2H3,(H,19,21). The summed E-state index contributed by atoms with van der Waals surface area (Å²) >= 11 is 8.52. The summed E-state index contributed by atoms with van der Waals surface area (Å²) in [7, 11) is 0. The van der Waals surface area contributed by atoms with E-state index in [4.69, 9.17) is 12.2 Å². The van der Waals surface area contributed by atoms with E-state index >= 15 is 0 Å². The Morgan fingerprint density at radius 2 is 1.76 bits per heavy atom. The number of halogens is 3. The second kappa shape index (κ2) is 5.03. The van der Waals surface area contributed by atoms with Crippen LogP contribution in [0, 0.1) is 30.3 Å². The van der Waals surface area contributed by atoms with E-state index in [0.717, 1.165) is 16.8 Å². The smallest absolute Gasteiger partial charge is 0.182 e. The molecule has 1 N–H and O–H groups in total. The number of hydrogen-bond acceptors (Lipinski definition) is 1. The van der Waals surface area contributed by atoms with Crippen LogP contribution in [0.15, 0.2) is 28.7 Å². The van der Waals surface area contributed by atoms with E-state index in [0.29, 0.717) is 20.3 Å². The number of nitrogens with zero attached hydrogens (tertiary/aromatic N) is 1. The molecule has 0 saturated heterocycles. The van der Waals surface area contributed by atoms with Gasteiger partial charge in [0.15, 0.2) is 4.77 Å². The molecule has 3 rings (SSSR count). The lowest BCUT2D eigenvalue weighted by Gasteiger charge is -2.10. The van der Waals surface area contributed by atoms with Crippen molar-refractivity contribution in [1.29, 1.82) is 0 Å². The third-order valence-electron chi connectivity index (χ3n) is 3.44. The molecule has 1 aromatic heterocycles. The summed E-state index contributed by atoms with van der Waals surface area (Å²) in [6.07, 6.45) is 0. The van der Waals surface area contributed by atoms with Crippen molar-refractivity contribution in [2.45, 2.75) is 13.8 Å². The van der Waals surface area contributed by atoms with Crippen LogP contribution in [0.5, 0.6) is 0 Å². The van der Waals surface area contributed by atoms with E-state index in [1.165, 1.54) is 12.1 Å². The number of aromatic amines is 1. The van der Waals surface area contributed by atoms with Gasteiger partial charge in [-0.3, -0.25) is 4.57 Å². The second-order valence-electron chi connectivity index (χ2n) is 4.94. The van der Waals surface area contributed by atoms with Crippen LogP contribution in [0.4, 0.5) is 8.78 Å². The summed E-state index contributed by atoms with van der Waals surface area (Å²) in [5.41, 5.74) is 3.41. The molecule has 0 atom stereocenters. The number of nitrogens with one attached hydrogen (secondary N) is 1. The van der Waals surface area contributed by atoms with Crippen molar-refractivity contribution in [2.75, 3.05) is 0 Å². The van der Waals surface area contributed by atoms with Gasteiger partial charge in [-0.1, -0.05) is 0 Å². The van der Waals surface area contributed by atoms with Crippen LogP contribution < -0.4 is 0 Å². The van der Waals surface area contributed by atoms with E-state index in [1.807, 2.05) is 6.92 Å². The van der Waals surface area contributed by atoms with Crippen molar-refractivity contribution in [1.82, 2.24) is 9.55 Å². The maximum absolute atomic E-state index is 13.7. The lowest BCUT2D eigenvalue weighted by atomic mass is 10.1. The number of fused-ring (bicyclic) bond motifs is 1. The molecule has 0 fully saturated rings. The largest absolute Gasteiger partial charge is 0.330 e. The van der Waals surface area contributed by atoms with Crippen LogP contribution >= 0.6 is 28.1 Å². The van der Waals surface area contributed by atoms with E-state index in [1.54, 1.807) is 23.6 Å². The summed E-state index contributed by atoms with van der Waals surface area (Å²) in [6, 6.07) is 6.27. The van der Waals surface area contributed by atoms with Gasteiger partial charge in [-0.05, 0) is 77.4 Å². The van der Waals surface area contributed by atoms with Crippen LogP contribution in [0.3, 0.4) is 0 Å². The number of hydrogen-bond donors (Lipinski definition) is 1. The normalized spacial score (nSPS) is 11.3. The zero-order chi connectivity index (χ0) is 15.3. The first-order chi connectivity index (χ1) is 9.88. The highest BCUT2D eigenvalue weighted by atomic mass is 79.9. The zero-order valence-corrected chi connectivity index (χ0v) is 13.7. The van der Waals surface area contributed by atoms with Gasteiger partial charge >= 0.3 is 0 Å². The highest BCUT2D eigenvalue weighted by Crippen LogP contribution is 2.28. The molecule has 0 bridgehead atoms. The fourth-order valence-electron chi connectivity index (χ4n) is 2.35. The number of aromatic nitrogens is 2. The van der Waals surface area contributed by atoms with Gasteiger partial charge < -0.3 is 4.98 Å². The molecule has 0 aliphatic rings. The Balaban J connectivity index is 2.40. The van der Waals surface area contributed by atoms with Gasteiger partial charge in [0, 0.05) is 0 Å². The Morgan fingerprint density at radius 3 is 2.48 bits per heavy atom. The van der Waals surface area contributed by atoms with E-state index in [2.05, 4.69) is 20.9 Å². The minimum Gasteiger partial charge on any atom is -0.330 e. The fraction of sp³-hybridized carbons (Fsp3) is 0.133. The average Bonchev–Trinajstić information content (AvgIpc) is 2.70. The molecule has 0 aliphatic carbocycles. The van der Waals surface area contributed by atoms with Gasteiger partial charge in [-0.15, -0.1) is 0 Å². The topological polar surface area (TPSA) is 20.7 Å². The van der Waals surface area contributed by atoms with E-state index in [-0.39, 0.29) is 11.6 Å². The summed E-state index contributed by atoms with van der Waals surface area (Å²) < 4.78 is 29.9. The van der Waals surface area contributed by atoms with E-state index in [9.17, 15) is 8.78 Å². The highest BCUT2D eigenvalue weighted by molar-refractivity contribution is 9.10. The van der Waals surface area contributed by atoms with Crippen molar-refractivity contribution >= 4 is 39.2 Å². The Labute approximate surface area is 133 Å². The van der Waals surface area contributed by atoms with Crippen LogP contribution in [0.25, 0.3) is 16.7 Å². The first kappa shape index (κ1) is 14.4. The lowest BCUT2D eigenvalue weighted by Crippen LogP contribution is -1.99. The average molecular weight is 369 g/mol. The number of aryl methyl sites for hydroxylation is 2. The molecule has 2 aromatic carbocycles. The molecule has 0 radical (unpaired) electrons. The molecule has 0 saturated carbocycles. The zero-order valence-electron chi connectivity index (χ0n) is 11.3. The van der Waals surface area contributed by atoms with Gasteiger partial charge in [0.2, 0.25) is 0 Å². The van der Waals surface area contributed by atoms with Crippen LogP contribution in [-0.4, -0.2) is 9.55 Å². The molecule has 0 unspecified atom stereocenters. The van der Waals surface area contributed by atoms with Crippen LogP contribution in [0.1, 0.15) is 11.1 Å². The number of H-pyrrole nitrogens is 1. The quantitative estimate of drug-likeness (QED) is 0.574. The Morgan fingerprint density at radius 1 is 1.05 bits per heavy atom. The summed E-state index contributed by atoms with van der Waals surface area (Å²) in [6.45, 7) is 3.50. The van der Waals surface area contributed by atoms with Crippen molar-refractivity contribution in [3.63, 3.8) is 0 Å². The second-order valence-corrected chi connectivity index (χ2v) is 6.18. The maximum Gasteiger partial charge on any atom is 0.182 e. The van der Waals surface area contributed by atoms with E-state index < -0.39 is 0 Å². The third kappa shape index (κ3) is 2.32. The Bertz CT molecular complexity index is 928. The first-order valence-electron chi connectivity index (χ1n) is 6.25. The van der Waals surface area contributed by atoms with Crippen molar-refractivity contribution < 1.29 is 8.78 Å². The minimum absolute atomic E-state index is 0.289. The summed E-state index contributed by atoms with van der Waals surface area (Å²) in [4.78, 5) is 2.98. The maximum atomic E-state index is 13.7. The Kier molecular flexibility index (Phi) is 3.45. The van der Waals surface area contributed by atoms with Gasteiger partial charge in [0.25, 0.3) is 0 Å². The van der Waals surface area contributed by atoms with Crippen molar-refractivity contribution in [3.8, 4) is 5.69 Å². The number of benzene rings is 2. The van der Waals surface area contributed by atoms with Gasteiger partial charge in [-0.25, -0.2) is 8.78 Å². The fourth-order valence-corrected chi connectivity index (χ4v) is 2.99. The Hall–Kier alpha value is -1.53. The molecule has 0 amide bonds. The molecule has 0 aliphatic heterocycles. The number of rotatable bonds is 1. The van der Waals surface area contributed by atoms with Gasteiger partial charge in [0.1, 0.15) is 11.6 Å². The van der Waals surface area contributed by atoms with Crippen LogP contribution in [-0.2, 0) is 0 Å². The summed E-state index contributed by atoms with van der Waals surface area (Å²) in [5.74, 6) is -0.618. The minimum atomic E-state index is -0.329. The monoisotopic (exact) mass is 368 g/mol.